The van der Waals surface area contributed by atoms with Gasteiger partial charge in [-0.2, -0.15) is 0 Å². The van der Waals surface area contributed by atoms with Gasteiger partial charge in [-0.3, -0.25) is 10.1 Å². The lowest BCUT2D eigenvalue weighted by Gasteiger charge is -2.37. The van der Waals surface area contributed by atoms with Crippen LogP contribution >= 0.6 is 0 Å². The maximum Gasteiger partial charge on any atom is 0.275 e. The molecule has 0 spiro atoms. The number of hydrogen-bond acceptors (Lipinski definition) is 4. The van der Waals surface area contributed by atoms with Crippen molar-refractivity contribution in [2.75, 3.05) is 5.32 Å². The molecule has 0 radical (unpaired) electrons. The second-order valence-corrected chi connectivity index (χ2v) is 7.19. The van der Waals surface area contributed by atoms with E-state index in [9.17, 15) is 15.2 Å². The Morgan fingerprint density at radius 3 is 2.74 bits per heavy atom. The van der Waals surface area contributed by atoms with Crippen molar-refractivity contribution in [2.45, 2.75) is 18.4 Å². The second kappa shape index (κ2) is 5.84. The van der Waals surface area contributed by atoms with E-state index in [1.807, 2.05) is 18.2 Å². The molecule has 0 fully saturated rings. The second-order valence-electron chi connectivity index (χ2n) is 7.19. The number of fused-ring (bicyclic) bond motifs is 4. The zero-order valence-corrected chi connectivity index (χ0v) is 14.5. The number of phenols is 1. The summed E-state index contributed by atoms with van der Waals surface area (Å²) in [6.45, 7) is 0. The van der Waals surface area contributed by atoms with Crippen LogP contribution in [0.1, 0.15) is 29.5 Å². The van der Waals surface area contributed by atoms with Crippen LogP contribution in [0.4, 0.5) is 11.4 Å². The highest BCUT2D eigenvalue weighted by molar-refractivity contribution is 5.87. The van der Waals surface area contributed by atoms with Crippen LogP contribution in [0, 0.1) is 16.0 Å². The fourth-order valence-corrected chi connectivity index (χ4v) is 4.66. The molecule has 3 unspecified atom stereocenters. The Morgan fingerprint density at radius 1 is 1.07 bits per heavy atom. The summed E-state index contributed by atoms with van der Waals surface area (Å²) >= 11 is 0. The summed E-state index contributed by atoms with van der Waals surface area (Å²) in [6, 6.07) is 17.2. The number of nitrogens with one attached hydrogen (secondary N) is 1. The molecule has 0 aromatic heterocycles. The van der Waals surface area contributed by atoms with Gasteiger partial charge in [0.2, 0.25) is 0 Å². The summed E-state index contributed by atoms with van der Waals surface area (Å²) in [6.07, 6.45) is 4.99. The molecule has 1 heterocycles. The van der Waals surface area contributed by atoms with E-state index in [1.54, 1.807) is 0 Å². The number of nitro benzene ring substituents is 1. The number of hydrogen-bond donors (Lipinski definition) is 2. The van der Waals surface area contributed by atoms with Crippen molar-refractivity contribution in [3.8, 4) is 5.75 Å². The van der Waals surface area contributed by atoms with E-state index in [1.165, 1.54) is 12.1 Å². The molecule has 3 aromatic rings. The molecule has 2 N–H and O–H groups in total. The van der Waals surface area contributed by atoms with Gasteiger partial charge in [0.15, 0.2) is 0 Å². The third kappa shape index (κ3) is 2.31. The van der Waals surface area contributed by atoms with Crippen molar-refractivity contribution in [1.82, 2.24) is 0 Å². The average molecular weight is 358 g/mol. The minimum atomic E-state index is -0.360. The molecule has 0 amide bonds. The number of phenolic OH excluding ortho intramolecular Hbond substituents is 1. The first-order valence-electron chi connectivity index (χ1n) is 9.06. The summed E-state index contributed by atoms with van der Waals surface area (Å²) in [4.78, 5) is 11.2. The standard InChI is InChI=1S/C22H18N2O3/c25-19-12-11-18(24(26)27)20-15-8-4-10-17(15)21(23-22(19)20)16-9-3-6-13-5-1-2-7-14(13)16/h1-9,11-12,15,17,21,23,25H,10H2. The van der Waals surface area contributed by atoms with Gasteiger partial charge in [0.05, 0.1) is 22.2 Å². The minimum Gasteiger partial charge on any atom is -0.506 e. The lowest BCUT2D eigenvalue weighted by molar-refractivity contribution is -0.385. The van der Waals surface area contributed by atoms with Crippen LogP contribution in [0.25, 0.3) is 10.8 Å². The van der Waals surface area contributed by atoms with Crippen molar-refractivity contribution in [1.29, 1.82) is 0 Å². The van der Waals surface area contributed by atoms with Gasteiger partial charge in [0.1, 0.15) is 5.75 Å². The van der Waals surface area contributed by atoms with Crippen LogP contribution in [-0.2, 0) is 0 Å². The number of anilines is 1. The van der Waals surface area contributed by atoms with E-state index in [0.717, 1.165) is 22.8 Å². The van der Waals surface area contributed by atoms with Crippen molar-refractivity contribution in [3.05, 3.63) is 88.0 Å². The summed E-state index contributed by atoms with van der Waals surface area (Å²) < 4.78 is 0. The van der Waals surface area contributed by atoms with Gasteiger partial charge < -0.3 is 10.4 Å². The SMILES string of the molecule is O=[N+]([O-])c1ccc(O)c2c1C1C=CCC1C(c1cccc3ccccc13)N2. The highest BCUT2D eigenvalue weighted by Crippen LogP contribution is 2.55. The van der Waals surface area contributed by atoms with E-state index in [4.69, 9.17) is 0 Å². The van der Waals surface area contributed by atoms with E-state index in [2.05, 4.69) is 41.7 Å². The van der Waals surface area contributed by atoms with E-state index in [0.29, 0.717) is 11.3 Å². The minimum absolute atomic E-state index is 0.0310. The first-order valence-corrected chi connectivity index (χ1v) is 9.06. The maximum atomic E-state index is 11.6. The molecule has 3 aromatic carbocycles. The Morgan fingerprint density at radius 2 is 1.89 bits per heavy atom. The van der Waals surface area contributed by atoms with E-state index < -0.39 is 0 Å². The topological polar surface area (TPSA) is 75.4 Å². The number of benzene rings is 3. The van der Waals surface area contributed by atoms with Crippen molar-refractivity contribution in [2.24, 2.45) is 5.92 Å². The van der Waals surface area contributed by atoms with Crippen LogP contribution in [-0.4, -0.2) is 10.0 Å². The number of nitro groups is 1. The predicted octanol–water partition coefficient (Wildman–Crippen LogP) is 5.28. The maximum absolute atomic E-state index is 11.6. The first-order chi connectivity index (χ1) is 13.1. The van der Waals surface area contributed by atoms with Gasteiger partial charge in [0.25, 0.3) is 5.69 Å². The zero-order chi connectivity index (χ0) is 18.5. The Labute approximate surface area is 156 Å². The van der Waals surface area contributed by atoms with Crippen LogP contribution in [0.15, 0.2) is 66.7 Å². The number of allylic oxidation sites excluding steroid dienone is 2. The van der Waals surface area contributed by atoms with Crippen LogP contribution < -0.4 is 5.32 Å². The van der Waals surface area contributed by atoms with Gasteiger partial charge in [-0.15, -0.1) is 0 Å². The summed E-state index contributed by atoms with van der Waals surface area (Å²) in [7, 11) is 0. The largest absolute Gasteiger partial charge is 0.506 e. The third-order valence-corrected chi connectivity index (χ3v) is 5.83. The van der Waals surface area contributed by atoms with Crippen molar-refractivity contribution >= 4 is 22.1 Å². The Balaban J connectivity index is 1.72. The molecule has 134 valence electrons. The van der Waals surface area contributed by atoms with Gasteiger partial charge in [-0.05, 0) is 34.7 Å². The molecular formula is C22H18N2O3. The lowest BCUT2D eigenvalue weighted by Crippen LogP contribution is -2.29. The van der Waals surface area contributed by atoms with Gasteiger partial charge >= 0.3 is 0 Å². The smallest absolute Gasteiger partial charge is 0.275 e. The number of nitrogens with zero attached hydrogens (tertiary/aromatic N) is 1. The monoisotopic (exact) mass is 358 g/mol. The molecular weight excluding hydrogens is 340 g/mol. The zero-order valence-electron chi connectivity index (χ0n) is 14.5. The molecule has 27 heavy (non-hydrogen) atoms. The van der Waals surface area contributed by atoms with Gasteiger partial charge in [-0.1, -0.05) is 54.6 Å². The molecule has 5 rings (SSSR count). The fourth-order valence-electron chi connectivity index (χ4n) is 4.66. The fraction of sp³-hybridized carbons (Fsp3) is 0.182. The number of aromatic hydroxyl groups is 1. The molecule has 5 heteroatoms. The highest BCUT2D eigenvalue weighted by atomic mass is 16.6. The number of rotatable bonds is 2. The van der Waals surface area contributed by atoms with E-state index >= 15 is 0 Å². The molecule has 0 saturated carbocycles. The average Bonchev–Trinajstić information content (AvgIpc) is 3.17. The van der Waals surface area contributed by atoms with Gasteiger partial charge in [-0.25, -0.2) is 0 Å². The van der Waals surface area contributed by atoms with Crippen LogP contribution in [0.2, 0.25) is 0 Å². The molecule has 2 aliphatic rings. The molecule has 0 saturated heterocycles. The Kier molecular flexibility index (Phi) is 3.44. The summed E-state index contributed by atoms with van der Waals surface area (Å²) in [5, 5.41) is 27.8. The normalized spacial score (nSPS) is 22.9. The molecule has 1 aliphatic heterocycles. The first kappa shape index (κ1) is 15.9. The Bertz CT molecular complexity index is 1100. The molecule has 0 bridgehead atoms. The van der Waals surface area contributed by atoms with Crippen LogP contribution in [0.3, 0.4) is 0 Å². The quantitative estimate of drug-likeness (QED) is 0.283. The summed E-state index contributed by atoms with van der Waals surface area (Å²) in [5.74, 6) is 0.140. The van der Waals surface area contributed by atoms with Gasteiger partial charge in [0, 0.05) is 12.0 Å². The molecule has 3 atom stereocenters. The molecule has 5 nitrogen and oxygen atoms in total. The van der Waals surface area contributed by atoms with Crippen LogP contribution in [0.5, 0.6) is 5.75 Å². The Hall–Kier alpha value is -3.34. The van der Waals surface area contributed by atoms with E-state index in [-0.39, 0.29) is 34.2 Å². The third-order valence-electron chi connectivity index (χ3n) is 5.83. The van der Waals surface area contributed by atoms with Crippen molar-refractivity contribution < 1.29 is 10.0 Å². The lowest BCUT2D eigenvalue weighted by atomic mass is 9.75. The summed E-state index contributed by atoms with van der Waals surface area (Å²) in [5.41, 5.74) is 2.29. The predicted molar refractivity (Wildman–Crippen MR) is 105 cm³/mol. The molecule has 1 aliphatic carbocycles. The van der Waals surface area contributed by atoms with Crippen molar-refractivity contribution in [3.63, 3.8) is 0 Å². The highest BCUT2D eigenvalue weighted by Gasteiger charge is 2.43.